The zero-order valence-corrected chi connectivity index (χ0v) is 23.7. The summed E-state index contributed by atoms with van der Waals surface area (Å²) in [7, 11) is 0. The molecule has 2 aliphatic rings. The Bertz CT molecular complexity index is 1250. The highest BCUT2D eigenvalue weighted by Crippen LogP contribution is 2.35. The minimum Gasteiger partial charge on any atom is -0.481 e. The van der Waals surface area contributed by atoms with Crippen molar-refractivity contribution >= 4 is 23.9 Å². The molecule has 2 aromatic rings. The number of pyridine rings is 1. The first-order chi connectivity index (χ1) is 20.2. The monoisotopic (exact) mass is 582 g/mol. The van der Waals surface area contributed by atoms with Crippen LogP contribution in [0.25, 0.3) is 11.3 Å². The molecule has 42 heavy (non-hydrogen) atoms. The number of rotatable bonds is 10. The van der Waals surface area contributed by atoms with E-state index in [9.17, 15) is 29.4 Å². The van der Waals surface area contributed by atoms with Gasteiger partial charge in [0.25, 0.3) is 5.91 Å². The molecule has 1 aromatic carbocycles. The van der Waals surface area contributed by atoms with Crippen LogP contribution >= 0.6 is 0 Å². The molecule has 2 fully saturated rings. The van der Waals surface area contributed by atoms with Crippen LogP contribution in [0.4, 0.5) is 4.79 Å². The van der Waals surface area contributed by atoms with E-state index in [1.165, 1.54) is 9.96 Å². The number of hydrogen-bond donors (Lipinski definition) is 3. The molecule has 4 rings (SSSR count). The van der Waals surface area contributed by atoms with E-state index in [0.29, 0.717) is 12.1 Å². The van der Waals surface area contributed by atoms with Crippen LogP contribution in [0.5, 0.6) is 0 Å². The maximum absolute atomic E-state index is 13.6. The molecule has 3 atom stereocenters. The van der Waals surface area contributed by atoms with Gasteiger partial charge in [-0.05, 0) is 43.9 Å². The van der Waals surface area contributed by atoms with E-state index < -0.39 is 36.1 Å². The second-order valence-corrected chi connectivity index (χ2v) is 10.5. The number of nitrogens with one attached hydrogen (secondary N) is 1. The van der Waals surface area contributed by atoms with Crippen LogP contribution < -0.4 is 5.32 Å². The van der Waals surface area contributed by atoms with Crippen molar-refractivity contribution < 1.29 is 39.0 Å². The fourth-order valence-corrected chi connectivity index (χ4v) is 5.37. The summed E-state index contributed by atoms with van der Waals surface area (Å²) in [5.74, 6) is -2.27. The number of aromatic nitrogens is 1. The number of amides is 2. The topological polar surface area (TPSA) is 159 Å². The first-order valence-corrected chi connectivity index (χ1v) is 14.4. The average Bonchev–Trinajstić information content (AvgIpc) is 2.99. The summed E-state index contributed by atoms with van der Waals surface area (Å²) in [5.41, 5.74) is 2.26. The van der Waals surface area contributed by atoms with Gasteiger partial charge in [0.05, 0.1) is 31.5 Å². The minimum absolute atomic E-state index is 0.0879. The number of carboxylic acids is 1. The molecule has 1 saturated carbocycles. The first-order valence-electron chi connectivity index (χ1n) is 14.4. The summed E-state index contributed by atoms with van der Waals surface area (Å²) in [6.45, 7) is 2.73. The van der Waals surface area contributed by atoms with Crippen molar-refractivity contribution in [1.82, 2.24) is 20.3 Å². The highest BCUT2D eigenvalue weighted by atomic mass is 16.8. The number of hydroxylamine groups is 2. The highest BCUT2D eigenvalue weighted by molar-refractivity contribution is 5.97. The molecule has 3 N–H and O–H groups in total. The predicted molar refractivity (Wildman–Crippen MR) is 151 cm³/mol. The van der Waals surface area contributed by atoms with Crippen LogP contribution in [0.1, 0.15) is 67.4 Å². The van der Waals surface area contributed by atoms with Gasteiger partial charge in [-0.1, -0.05) is 43.2 Å². The molecule has 2 amide bonds. The SMILES string of the molecule is CCOC(=O)ON1CCN(C(=O)C(CCC(=O)O)NC(=O)c2cc(C3CCCC[C@@H]3O)cc(-c3ccccc3)n2)CC1. The van der Waals surface area contributed by atoms with Gasteiger partial charge in [0.15, 0.2) is 0 Å². The molecule has 0 bridgehead atoms. The van der Waals surface area contributed by atoms with E-state index >= 15 is 0 Å². The van der Waals surface area contributed by atoms with Crippen molar-refractivity contribution in [2.45, 2.75) is 63.5 Å². The number of piperazine rings is 1. The van der Waals surface area contributed by atoms with Gasteiger partial charge in [0.1, 0.15) is 11.7 Å². The Morgan fingerprint density at radius 1 is 1.05 bits per heavy atom. The standard InChI is InChI=1S/C30H38N4O8/c1-2-41-30(40)42-34-16-14-33(15-17-34)29(39)23(12-13-27(36)37)32-28(38)25-19-21(22-10-6-7-11-26(22)35)18-24(31-25)20-8-4-3-5-9-20/h3-5,8-9,18-19,22-23,26,35H,2,6-7,10-17H2,1H3,(H,32,38)(H,36,37)/t22?,23?,26-/m0/s1. The zero-order valence-electron chi connectivity index (χ0n) is 23.7. The van der Waals surface area contributed by atoms with Crippen LogP contribution in [0, 0.1) is 0 Å². The number of carbonyl (C=O) groups excluding carboxylic acids is 3. The third kappa shape index (κ3) is 8.26. The zero-order chi connectivity index (χ0) is 30.1. The lowest BCUT2D eigenvalue weighted by Gasteiger charge is -2.35. The van der Waals surface area contributed by atoms with E-state index in [2.05, 4.69) is 10.3 Å². The molecule has 12 nitrogen and oxygen atoms in total. The first kappa shape index (κ1) is 30.9. The molecule has 12 heteroatoms. The quantitative estimate of drug-likeness (QED) is 0.356. The summed E-state index contributed by atoms with van der Waals surface area (Å²) in [5, 5.41) is 24.1. The normalized spacial score (nSPS) is 19.9. The highest BCUT2D eigenvalue weighted by Gasteiger charge is 2.32. The van der Waals surface area contributed by atoms with Crippen molar-refractivity contribution in [3.8, 4) is 11.3 Å². The van der Waals surface area contributed by atoms with Crippen LogP contribution in [-0.2, 0) is 19.2 Å². The van der Waals surface area contributed by atoms with Crippen LogP contribution in [0.15, 0.2) is 42.5 Å². The van der Waals surface area contributed by atoms with Crippen molar-refractivity contribution in [2.75, 3.05) is 32.8 Å². The van der Waals surface area contributed by atoms with Gasteiger partial charge in [-0.25, -0.2) is 9.78 Å². The number of hydrogen-bond acceptors (Lipinski definition) is 9. The lowest BCUT2D eigenvalue weighted by molar-refractivity contribution is -0.157. The number of aliphatic hydroxyl groups is 1. The van der Waals surface area contributed by atoms with Gasteiger partial charge < -0.3 is 30.0 Å². The van der Waals surface area contributed by atoms with E-state index in [1.54, 1.807) is 13.0 Å². The second-order valence-electron chi connectivity index (χ2n) is 10.5. The molecular formula is C30H38N4O8. The number of nitrogens with zero attached hydrogens (tertiary/aromatic N) is 3. The number of benzene rings is 1. The lowest BCUT2D eigenvalue weighted by Crippen LogP contribution is -2.55. The van der Waals surface area contributed by atoms with Gasteiger partial charge in [-0.3, -0.25) is 14.4 Å². The Balaban J connectivity index is 1.53. The molecule has 1 saturated heterocycles. The Labute approximate surface area is 244 Å². The molecule has 0 radical (unpaired) electrons. The van der Waals surface area contributed by atoms with E-state index in [-0.39, 0.29) is 57.2 Å². The Kier molecular flexibility index (Phi) is 10.8. The van der Waals surface area contributed by atoms with Crippen LogP contribution in [0.3, 0.4) is 0 Å². The van der Waals surface area contributed by atoms with Crippen molar-refractivity contribution in [1.29, 1.82) is 0 Å². The number of aliphatic carboxylic acids is 1. The molecule has 0 spiro atoms. The Morgan fingerprint density at radius 2 is 1.76 bits per heavy atom. The molecule has 1 aliphatic heterocycles. The van der Waals surface area contributed by atoms with Gasteiger partial charge in [-0.2, -0.15) is 0 Å². The number of aliphatic hydroxyl groups excluding tert-OH is 1. The summed E-state index contributed by atoms with van der Waals surface area (Å²) in [6, 6.07) is 11.9. The fourth-order valence-electron chi connectivity index (χ4n) is 5.37. The molecule has 226 valence electrons. The van der Waals surface area contributed by atoms with Crippen molar-refractivity contribution in [3.63, 3.8) is 0 Å². The largest absolute Gasteiger partial charge is 0.527 e. The Hall–Kier alpha value is -4.03. The summed E-state index contributed by atoms with van der Waals surface area (Å²) < 4.78 is 4.78. The van der Waals surface area contributed by atoms with Crippen molar-refractivity contribution in [3.05, 3.63) is 53.7 Å². The van der Waals surface area contributed by atoms with Crippen molar-refractivity contribution in [2.24, 2.45) is 0 Å². The molecule has 2 unspecified atom stereocenters. The fraction of sp³-hybridized carbons (Fsp3) is 0.500. The number of carboxylic acid groups (broad SMARTS) is 1. The smallest absolute Gasteiger partial charge is 0.481 e. The Morgan fingerprint density at radius 3 is 2.43 bits per heavy atom. The molecule has 1 aliphatic carbocycles. The van der Waals surface area contributed by atoms with E-state index in [0.717, 1.165) is 30.4 Å². The molecule has 1 aromatic heterocycles. The maximum atomic E-state index is 13.6. The average molecular weight is 583 g/mol. The van der Waals surface area contributed by atoms with Gasteiger partial charge in [0, 0.05) is 31.0 Å². The van der Waals surface area contributed by atoms with Gasteiger partial charge in [-0.15, -0.1) is 5.06 Å². The van der Waals surface area contributed by atoms with Gasteiger partial charge >= 0.3 is 12.1 Å². The number of carbonyl (C=O) groups is 4. The summed E-state index contributed by atoms with van der Waals surface area (Å²) >= 11 is 0. The van der Waals surface area contributed by atoms with Crippen LogP contribution in [-0.4, -0.2) is 94.0 Å². The summed E-state index contributed by atoms with van der Waals surface area (Å²) in [6.07, 6.45) is 1.59. The lowest BCUT2D eigenvalue weighted by atomic mass is 9.81. The second kappa shape index (κ2) is 14.7. The predicted octanol–water partition coefficient (Wildman–Crippen LogP) is 2.96. The summed E-state index contributed by atoms with van der Waals surface area (Å²) in [4.78, 5) is 61.2. The van der Waals surface area contributed by atoms with E-state index in [4.69, 9.17) is 9.57 Å². The minimum atomic E-state index is -1.10. The molecule has 2 heterocycles. The maximum Gasteiger partial charge on any atom is 0.527 e. The van der Waals surface area contributed by atoms with Gasteiger partial charge in [0.2, 0.25) is 5.91 Å². The number of ether oxygens (including phenoxy) is 1. The van der Waals surface area contributed by atoms with Crippen LogP contribution in [0.2, 0.25) is 0 Å². The molecular weight excluding hydrogens is 544 g/mol. The van der Waals surface area contributed by atoms with E-state index in [1.807, 2.05) is 36.4 Å². The third-order valence-corrected chi connectivity index (χ3v) is 7.57. The third-order valence-electron chi connectivity index (χ3n) is 7.57.